The van der Waals surface area contributed by atoms with Crippen LogP contribution < -0.4 is 4.74 Å². The van der Waals surface area contributed by atoms with Gasteiger partial charge >= 0.3 is 0 Å². The largest absolute Gasteiger partial charge is 0.481 e. The van der Waals surface area contributed by atoms with Crippen LogP contribution in [0.2, 0.25) is 0 Å². The van der Waals surface area contributed by atoms with Crippen molar-refractivity contribution in [1.82, 2.24) is 4.98 Å². The molecule has 0 saturated heterocycles. The van der Waals surface area contributed by atoms with Crippen LogP contribution in [0.15, 0.2) is 12.1 Å². The molecule has 0 atom stereocenters. The first-order chi connectivity index (χ1) is 7.42. The van der Waals surface area contributed by atoms with Gasteiger partial charge in [0, 0.05) is 17.5 Å². The minimum Gasteiger partial charge on any atom is -0.481 e. The fraction of sp³-hybridized carbons (Fsp3) is 0.500. The van der Waals surface area contributed by atoms with Crippen LogP contribution in [0.25, 0.3) is 0 Å². The van der Waals surface area contributed by atoms with Gasteiger partial charge in [0.1, 0.15) is 5.69 Å². The molecule has 6 heteroatoms. The van der Waals surface area contributed by atoms with E-state index in [9.17, 15) is 15.2 Å². The lowest BCUT2D eigenvalue weighted by atomic mass is 9.89. The first-order valence-electron chi connectivity index (χ1n) is 4.73. The SMILES string of the molecule is COc1ccc([N+](=O)[O-])c(C(C)(C)CO)n1. The average Bonchev–Trinajstić information content (AvgIpc) is 2.28. The molecule has 1 aromatic heterocycles. The van der Waals surface area contributed by atoms with Gasteiger partial charge in [-0.25, -0.2) is 4.98 Å². The number of methoxy groups -OCH3 is 1. The average molecular weight is 226 g/mol. The normalized spacial score (nSPS) is 11.2. The fourth-order valence-electron chi connectivity index (χ4n) is 1.27. The van der Waals surface area contributed by atoms with E-state index in [4.69, 9.17) is 4.74 Å². The maximum absolute atomic E-state index is 10.8. The highest BCUT2D eigenvalue weighted by Crippen LogP contribution is 2.30. The molecule has 0 spiro atoms. The van der Waals surface area contributed by atoms with Gasteiger partial charge in [-0.05, 0) is 0 Å². The zero-order valence-electron chi connectivity index (χ0n) is 9.43. The van der Waals surface area contributed by atoms with Crippen LogP contribution in [0.3, 0.4) is 0 Å². The molecule has 0 radical (unpaired) electrons. The quantitative estimate of drug-likeness (QED) is 0.617. The zero-order chi connectivity index (χ0) is 12.3. The van der Waals surface area contributed by atoms with Gasteiger partial charge in [-0.2, -0.15) is 0 Å². The second-order valence-electron chi connectivity index (χ2n) is 4.02. The summed E-state index contributed by atoms with van der Waals surface area (Å²) >= 11 is 0. The van der Waals surface area contributed by atoms with Gasteiger partial charge < -0.3 is 9.84 Å². The van der Waals surface area contributed by atoms with Gasteiger partial charge in [0.15, 0.2) is 0 Å². The van der Waals surface area contributed by atoms with Crippen LogP contribution in [0.5, 0.6) is 5.88 Å². The zero-order valence-corrected chi connectivity index (χ0v) is 9.43. The van der Waals surface area contributed by atoms with Crippen LogP contribution in [-0.2, 0) is 5.41 Å². The van der Waals surface area contributed by atoms with Crippen LogP contribution in [-0.4, -0.2) is 28.7 Å². The van der Waals surface area contributed by atoms with Gasteiger partial charge in [-0.1, -0.05) is 13.8 Å². The molecule has 0 saturated carbocycles. The van der Waals surface area contributed by atoms with E-state index in [1.54, 1.807) is 13.8 Å². The van der Waals surface area contributed by atoms with E-state index in [1.165, 1.54) is 19.2 Å². The first-order valence-corrected chi connectivity index (χ1v) is 4.73. The van der Waals surface area contributed by atoms with E-state index < -0.39 is 10.3 Å². The maximum atomic E-state index is 10.8. The molecule has 0 aliphatic rings. The van der Waals surface area contributed by atoms with Crippen LogP contribution in [0.4, 0.5) is 5.69 Å². The Labute approximate surface area is 93.0 Å². The molecule has 16 heavy (non-hydrogen) atoms. The molecule has 0 unspecified atom stereocenters. The number of ether oxygens (including phenoxy) is 1. The number of hydrogen-bond acceptors (Lipinski definition) is 5. The Morgan fingerprint density at radius 2 is 2.19 bits per heavy atom. The lowest BCUT2D eigenvalue weighted by molar-refractivity contribution is -0.386. The topological polar surface area (TPSA) is 85.5 Å². The van der Waals surface area contributed by atoms with Crippen molar-refractivity contribution >= 4 is 5.69 Å². The Kier molecular flexibility index (Phi) is 3.44. The van der Waals surface area contributed by atoms with Crippen molar-refractivity contribution in [3.05, 3.63) is 27.9 Å². The minimum atomic E-state index is -0.781. The van der Waals surface area contributed by atoms with E-state index >= 15 is 0 Å². The predicted molar refractivity (Wildman–Crippen MR) is 57.6 cm³/mol. The summed E-state index contributed by atoms with van der Waals surface area (Å²) in [5.74, 6) is 0.294. The molecule has 1 rings (SSSR count). The summed E-state index contributed by atoms with van der Waals surface area (Å²) < 4.78 is 4.91. The molecule has 1 N–H and O–H groups in total. The summed E-state index contributed by atoms with van der Waals surface area (Å²) in [4.78, 5) is 14.3. The van der Waals surface area contributed by atoms with E-state index in [0.717, 1.165) is 0 Å². The maximum Gasteiger partial charge on any atom is 0.291 e. The monoisotopic (exact) mass is 226 g/mol. The molecule has 0 aliphatic carbocycles. The predicted octanol–water partition coefficient (Wildman–Crippen LogP) is 1.27. The van der Waals surface area contributed by atoms with Gasteiger partial charge in [-0.3, -0.25) is 10.1 Å². The summed E-state index contributed by atoms with van der Waals surface area (Å²) in [5.41, 5.74) is -0.670. The molecule has 0 aromatic carbocycles. The van der Waals surface area contributed by atoms with Crippen molar-refractivity contribution in [1.29, 1.82) is 0 Å². The van der Waals surface area contributed by atoms with Gasteiger partial charge in [-0.15, -0.1) is 0 Å². The highest BCUT2D eigenvalue weighted by Gasteiger charge is 2.30. The molecule has 1 heterocycles. The van der Waals surface area contributed by atoms with Crippen molar-refractivity contribution in [3.8, 4) is 5.88 Å². The van der Waals surface area contributed by atoms with E-state index in [2.05, 4.69) is 4.98 Å². The molecule has 0 fully saturated rings. The summed E-state index contributed by atoms with van der Waals surface area (Å²) in [6, 6.07) is 2.76. The third-order valence-corrected chi connectivity index (χ3v) is 2.29. The number of aliphatic hydroxyl groups is 1. The lowest BCUT2D eigenvalue weighted by Gasteiger charge is -2.20. The molecule has 0 bridgehead atoms. The standard InChI is InChI=1S/C10H14N2O4/c1-10(2,6-13)9-7(12(14)15)4-5-8(11-9)16-3/h4-5,13H,6H2,1-3H3. The summed E-state index contributed by atoms with van der Waals surface area (Å²) in [7, 11) is 1.43. The number of nitrogens with zero attached hydrogens (tertiary/aromatic N) is 2. The van der Waals surface area contributed by atoms with E-state index in [0.29, 0.717) is 5.88 Å². The minimum absolute atomic E-state index is 0.111. The highest BCUT2D eigenvalue weighted by molar-refractivity contribution is 5.42. The molecule has 1 aromatic rings. The number of pyridine rings is 1. The van der Waals surface area contributed by atoms with E-state index in [-0.39, 0.29) is 18.0 Å². The van der Waals surface area contributed by atoms with Crippen molar-refractivity contribution in [3.63, 3.8) is 0 Å². The summed E-state index contributed by atoms with van der Waals surface area (Å²) in [6.07, 6.45) is 0. The van der Waals surface area contributed by atoms with Crippen LogP contribution in [0.1, 0.15) is 19.5 Å². The van der Waals surface area contributed by atoms with Crippen molar-refractivity contribution in [2.75, 3.05) is 13.7 Å². The smallest absolute Gasteiger partial charge is 0.291 e. The molecule has 0 amide bonds. The number of nitro groups is 1. The number of aromatic nitrogens is 1. The summed E-state index contributed by atoms with van der Waals surface area (Å²) in [6.45, 7) is 3.14. The van der Waals surface area contributed by atoms with Gasteiger partial charge in [0.05, 0.1) is 18.6 Å². The molecular formula is C10H14N2O4. The van der Waals surface area contributed by atoms with Crippen molar-refractivity contribution in [2.45, 2.75) is 19.3 Å². The molecule has 6 nitrogen and oxygen atoms in total. The summed E-state index contributed by atoms with van der Waals surface area (Å²) in [5, 5.41) is 20.0. The van der Waals surface area contributed by atoms with Crippen molar-refractivity contribution < 1.29 is 14.8 Å². The number of rotatable bonds is 4. The number of hydrogen-bond donors (Lipinski definition) is 1. The van der Waals surface area contributed by atoms with Gasteiger partial charge in [0.25, 0.3) is 5.69 Å². The Hall–Kier alpha value is -1.69. The number of aliphatic hydroxyl groups excluding tert-OH is 1. The van der Waals surface area contributed by atoms with Gasteiger partial charge in [0.2, 0.25) is 5.88 Å². The molecular weight excluding hydrogens is 212 g/mol. The van der Waals surface area contributed by atoms with E-state index in [1.807, 2.05) is 0 Å². The second kappa shape index (κ2) is 4.44. The third-order valence-electron chi connectivity index (χ3n) is 2.29. The lowest BCUT2D eigenvalue weighted by Crippen LogP contribution is -2.25. The van der Waals surface area contributed by atoms with Crippen LogP contribution in [0, 0.1) is 10.1 Å². The molecule has 0 aliphatic heterocycles. The van der Waals surface area contributed by atoms with Crippen molar-refractivity contribution in [2.24, 2.45) is 0 Å². The second-order valence-corrected chi connectivity index (χ2v) is 4.02. The third kappa shape index (κ3) is 2.27. The fourth-order valence-corrected chi connectivity index (χ4v) is 1.27. The Balaban J connectivity index is 3.37. The Bertz CT molecular complexity index is 404. The highest BCUT2D eigenvalue weighted by atomic mass is 16.6. The molecule has 88 valence electrons. The Morgan fingerprint density at radius 3 is 2.62 bits per heavy atom. The first kappa shape index (κ1) is 12.4. The van der Waals surface area contributed by atoms with Crippen LogP contribution >= 0.6 is 0 Å². The Morgan fingerprint density at radius 1 is 1.56 bits per heavy atom.